The fourth-order valence-electron chi connectivity index (χ4n) is 1.64. The van der Waals surface area contributed by atoms with Crippen LogP contribution in [0.4, 0.5) is 0 Å². The van der Waals surface area contributed by atoms with Crippen LogP contribution in [0.5, 0.6) is 0 Å². The van der Waals surface area contributed by atoms with Crippen molar-refractivity contribution >= 4 is 5.97 Å². The summed E-state index contributed by atoms with van der Waals surface area (Å²) in [5.41, 5.74) is 1.16. The van der Waals surface area contributed by atoms with Crippen molar-refractivity contribution in [3.05, 3.63) is 35.4 Å². The molecular formula is C13H19NO3. The van der Waals surface area contributed by atoms with Crippen LogP contribution in [0.1, 0.15) is 35.2 Å². The van der Waals surface area contributed by atoms with Crippen LogP contribution in [0.2, 0.25) is 0 Å². The molecule has 0 heterocycles. The van der Waals surface area contributed by atoms with E-state index in [0.717, 1.165) is 31.4 Å². The third-order valence-electron chi connectivity index (χ3n) is 2.57. The van der Waals surface area contributed by atoms with E-state index < -0.39 is 5.97 Å². The fourth-order valence-corrected chi connectivity index (χ4v) is 1.64. The van der Waals surface area contributed by atoms with Gasteiger partial charge < -0.3 is 15.5 Å². The summed E-state index contributed by atoms with van der Waals surface area (Å²) >= 11 is 0. The first kappa shape index (κ1) is 13.7. The maximum Gasteiger partial charge on any atom is 0.336 e. The van der Waals surface area contributed by atoms with Crippen molar-refractivity contribution in [1.82, 2.24) is 5.32 Å². The van der Waals surface area contributed by atoms with E-state index in [1.807, 2.05) is 12.1 Å². The van der Waals surface area contributed by atoms with Crippen molar-refractivity contribution < 1.29 is 15.0 Å². The van der Waals surface area contributed by atoms with Gasteiger partial charge in [-0.1, -0.05) is 18.2 Å². The van der Waals surface area contributed by atoms with Crippen LogP contribution in [0.3, 0.4) is 0 Å². The molecule has 0 unspecified atom stereocenters. The summed E-state index contributed by atoms with van der Waals surface area (Å²) in [6, 6.07) is 7.01. The van der Waals surface area contributed by atoms with E-state index in [1.165, 1.54) is 0 Å². The Balaban J connectivity index is 2.34. The average molecular weight is 237 g/mol. The SMILES string of the molecule is O=C(O)c1ccccc1CNCCCCCO. The predicted octanol–water partition coefficient (Wildman–Crippen LogP) is 1.64. The lowest BCUT2D eigenvalue weighted by Crippen LogP contribution is -2.17. The molecular weight excluding hydrogens is 218 g/mol. The molecule has 0 aliphatic carbocycles. The number of aliphatic hydroxyl groups excluding tert-OH is 1. The minimum Gasteiger partial charge on any atom is -0.478 e. The molecule has 3 N–H and O–H groups in total. The molecule has 0 amide bonds. The smallest absolute Gasteiger partial charge is 0.336 e. The molecule has 1 aromatic rings. The van der Waals surface area contributed by atoms with Gasteiger partial charge in [-0.3, -0.25) is 0 Å². The number of aliphatic hydroxyl groups is 1. The Hall–Kier alpha value is -1.39. The lowest BCUT2D eigenvalue weighted by Gasteiger charge is -2.07. The van der Waals surface area contributed by atoms with E-state index in [9.17, 15) is 4.79 Å². The monoisotopic (exact) mass is 237 g/mol. The summed E-state index contributed by atoms with van der Waals surface area (Å²) < 4.78 is 0. The zero-order valence-electron chi connectivity index (χ0n) is 9.85. The van der Waals surface area contributed by atoms with Gasteiger partial charge in [0.2, 0.25) is 0 Å². The van der Waals surface area contributed by atoms with Crippen LogP contribution in [0, 0.1) is 0 Å². The number of carbonyl (C=O) groups is 1. The molecule has 1 aromatic carbocycles. The molecule has 0 aromatic heterocycles. The van der Waals surface area contributed by atoms with Crippen molar-refractivity contribution in [2.75, 3.05) is 13.2 Å². The molecule has 0 aliphatic rings. The number of nitrogens with one attached hydrogen (secondary N) is 1. The highest BCUT2D eigenvalue weighted by molar-refractivity contribution is 5.89. The molecule has 17 heavy (non-hydrogen) atoms. The summed E-state index contributed by atoms with van der Waals surface area (Å²) in [7, 11) is 0. The van der Waals surface area contributed by atoms with Gasteiger partial charge in [-0.2, -0.15) is 0 Å². The lowest BCUT2D eigenvalue weighted by molar-refractivity contribution is 0.0695. The minimum atomic E-state index is -0.886. The predicted molar refractivity (Wildman–Crippen MR) is 66.0 cm³/mol. The Bertz CT molecular complexity index is 352. The van der Waals surface area contributed by atoms with Crippen LogP contribution in [-0.2, 0) is 6.54 Å². The highest BCUT2D eigenvalue weighted by Crippen LogP contribution is 2.08. The second kappa shape index (κ2) is 7.81. The van der Waals surface area contributed by atoms with Crippen LogP contribution < -0.4 is 5.32 Å². The number of hydrogen-bond donors (Lipinski definition) is 3. The highest BCUT2D eigenvalue weighted by atomic mass is 16.4. The first-order chi connectivity index (χ1) is 8.25. The summed E-state index contributed by atoms with van der Waals surface area (Å²) in [4.78, 5) is 10.9. The number of unbranched alkanes of at least 4 members (excludes halogenated alkanes) is 2. The molecule has 0 aliphatic heterocycles. The van der Waals surface area contributed by atoms with Gasteiger partial charge in [-0.25, -0.2) is 4.79 Å². The topological polar surface area (TPSA) is 69.6 Å². The Morgan fingerprint density at radius 1 is 1.18 bits per heavy atom. The maximum atomic E-state index is 10.9. The zero-order chi connectivity index (χ0) is 12.5. The third kappa shape index (κ3) is 4.97. The second-order valence-corrected chi connectivity index (χ2v) is 3.92. The van der Waals surface area contributed by atoms with E-state index in [2.05, 4.69) is 5.32 Å². The molecule has 0 radical (unpaired) electrons. The molecule has 1 rings (SSSR count). The van der Waals surface area contributed by atoms with E-state index >= 15 is 0 Å². The molecule has 0 saturated carbocycles. The summed E-state index contributed by atoms with van der Waals surface area (Å²) in [6.07, 6.45) is 2.81. The highest BCUT2D eigenvalue weighted by Gasteiger charge is 2.07. The van der Waals surface area contributed by atoms with Crippen LogP contribution in [0.25, 0.3) is 0 Å². The molecule has 0 atom stereocenters. The Kier molecular flexibility index (Phi) is 6.29. The number of carboxylic acid groups (broad SMARTS) is 1. The standard InChI is InChI=1S/C13H19NO3/c15-9-5-1-4-8-14-10-11-6-2-3-7-12(11)13(16)17/h2-3,6-7,14-15H,1,4-5,8-10H2,(H,16,17). The van der Waals surface area contributed by atoms with Gasteiger partial charge in [-0.05, 0) is 37.4 Å². The Morgan fingerprint density at radius 3 is 2.65 bits per heavy atom. The summed E-state index contributed by atoms with van der Waals surface area (Å²) in [5.74, 6) is -0.886. The first-order valence-electron chi connectivity index (χ1n) is 5.88. The van der Waals surface area contributed by atoms with Gasteiger partial charge in [0.1, 0.15) is 0 Å². The maximum absolute atomic E-state index is 10.9. The quantitative estimate of drug-likeness (QED) is 0.601. The van der Waals surface area contributed by atoms with Crippen molar-refractivity contribution in [2.45, 2.75) is 25.8 Å². The number of rotatable bonds is 8. The molecule has 0 saturated heterocycles. The first-order valence-corrected chi connectivity index (χ1v) is 5.88. The third-order valence-corrected chi connectivity index (χ3v) is 2.57. The molecule has 0 bridgehead atoms. The van der Waals surface area contributed by atoms with E-state index in [4.69, 9.17) is 10.2 Å². The van der Waals surface area contributed by atoms with Crippen molar-refractivity contribution in [3.8, 4) is 0 Å². The van der Waals surface area contributed by atoms with Crippen LogP contribution in [-0.4, -0.2) is 29.3 Å². The number of benzene rings is 1. The van der Waals surface area contributed by atoms with E-state index in [0.29, 0.717) is 12.1 Å². The average Bonchev–Trinajstić information content (AvgIpc) is 2.34. The fraction of sp³-hybridized carbons (Fsp3) is 0.462. The molecule has 4 nitrogen and oxygen atoms in total. The molecule has 94 valence electrons. The zero-order valence-corrected chi connectivity index (χ0v) is 9.85. The summed E-state index contributed by atoms with van der Waals surface area (Å²) in [6.45, 7) is 1.65. The lowest BCUT2D eigenvalue weighted by atomic mass is 10.1. The number of carboxylic acids is 1. The van der Waals surface area contributed by atoms with Gasteiger partial charge in [0, 0.05) is 13.2 Å². The van der Waals surface area contributed by atoms with Crippen LogP contribution >= 0.6 is 0 Å². The minimum absolute atomic E-state index is 0.238. The van der Waals surface area contributed by atoms with Gasteiger partial charge in [0.25, 0.3) is 0 Å². The number of aromatic carboxylic acids is 1. The normalized spacial score (nSPS) is 10.4. The number of hydrogen-bond acceptors (Lipinski definition) is 3. The second-order valence-electron chi connectivity index (χ2n) is 3.92. The van der Waals surface area contributed by atoms with Crippen molar-refractivity contribution in [1.29, 1.82) is 0 Å². The van der Waals surface area contributed by atoms with Gasteiger partial charge in [0.15, 0.2) is 0 Å². The van der Waals surface area contributed by atoms with Gasteiger partial charge >= 0.3 is 5.97 Å². The van der Waals surface area contributed by atoms with E-state index in [1.54, 1.807) is 12.1 Å². The largest absolute Gasteiger partial charge is 0.478 e. The van der Waals surface area contributed by atoms with Crippen LogP contribution in [0.15, 0.2) is 24.3 Å². The van der Waals surface area contributed by atoms with Gasteiger partial charge in [-0.15, -0.1) is 0 Å². The molecule has 0 fully saturated rings. The van der Waals surface area contributed by atoms with Crippen molar-refractivity contribution in [3.63, 3.8) is 0 Å². The van der Waals surface area contributed by atoms with Gasteiger partial charge in [0.05, 0.1) is 5.56 Å². The van der Waals surface area contributed by atoms with E-state index in [-0.39, 0.29) is 6.61 Å². The summed E-state index contributed by atoms with van der Waals surface area (Å²) in [5, 5.41) is 20.8. The Morgan fingerprint density at radius 2 is 1.94 bits per heavy atom. The Labute approximate surface area is 101 Å². The van der Waals surface area contributed by atoms with Crippen molar-refractivity contribution in [2.24, 2.45) is 0 Å². The molecule has 0 spiro atoms. The molecule has 4 heteroatoms.